The van der Waals surface area contributed by atoms with E-state index in [4.69, 9.17) is 0 Å². The maximum atomic E-state index is 14.2. The Bertz CT molecular complexity index is 1670. The van der Waals surface area contributed by atoms with E-state index in [9.17, 15) is 33.2 Å². The van der Waals surface area contributed by atoms with Crippen LogP contribution in [-0.4, -0.2) is 83.9 Å². The van der Waals surface area contributed by atoms with Gasteiger partial charge in [0, 0.05) is 44.9 Å². The van der Waals surface area contributed by atoms with Crippen molar-refractivity contribution < 1.29 is 27.8 Å². The van der Waals surface area contributed by atoms with Crippen LogP contribution in [0.2, 0.25) is 0 Å². The number of benzene rings is 2. The van der Waals surface area contributed by atoms with E-state index in [1.165, 1.54) is 41.0 Å². The highest BCUT2D eigenvalue weighted by Gasteiger charge is 2.41. The number of aliphatic hydroxyl groups is 1. The molecule has 2 heterocycles. The molecule has 1 saturated heterocycles. The van der Waals surface area contributed by atoms with Crippen LogP contribution in [0.1, 0.15) is 50.8 Å². The van der Waals surface area contributed by atoms with E-state index < -0.39 is 34.1 Å². The fourth-order valence-electron chi connectivity index (χ4n) is 6.13. The topological polar surface area (TPSA) is 167 Å². The quantitative estimate of drug-likeness (QED) is 0.116. The molecule has 1 aromatic heterocycles. The number of hydrogen-bond donors (Lipinski definition) is 2. The second-order valence-electron chi connectivity index (χ2n) is 13.3. The molecular formula is C36H48N6O7S. The van der Waals surface area contributed by atoms with Gasteiger partial charge in [0.15, 0.2) is 12.4 Å². The first-order chi connectivity index (χ1) is 23.8. The predicted octanol–water partition coefficient (Wildman–Crippen LogP) is 3.67. The van der Waals surface area contributed by atoms with Crippen LogP contribution in [0.5, 0.6) is 0 Å². The summed E-state index contributed by atoms with van der Waals surface area (Å²) in [7, 11) is -4.07. The molecule has 3 amide bonds. The number of amides is 3. The van der Waals surface area contributed by atoms with Crippen LogP contribution in [0.25, 0.3) is 0 Å². The number of carbonyl (C=O) groups excluding carboxylic acids is 2. The molecule has 0 radical (unpaired) electrons. The molecule has 0 unspecified atom stereocenters. The highest BCUT2D eigenvalue weighted by molar-refractivity contribution is 7.89. The number of pyridine rings is 1. The smallest absolute Gasteiger partial charge is 0.321 e. The van der Waals surface area contributed by atoms with Crippen molar-refractivity contribution in [2.45, 2.75) is 76.7 Å². The second-order valence-corrected chi connectivity index (χ2v) is 15.3. The fourth-order valence-corrected chi connectivity index (χ4v) is 7.75. The number of sulfonamides is 1. The fraction of sp³-hybridized carbons (Fsp3) is 0.472. The molecule has 0 spiro atoms. The number of aromatic nitrogens is 1. The van der Waals surface area contributed by atoms with E-state index in [-0.39, 0.29) is 55.4 Å². The minimum Gasteiger partial charge on any atom is -0.619 e. The average Bonchev–Trinajstić information content (AvgIpc) is 3.44. The summed E-state index contributed by atoms with van der Waals surface area (Å²) in [5, 5.41) is 29.1. The monoisotopic (exact) mass is 708 g/mol. The lowest BCUT2D eigenvalue weighted by Crippen LogP contribution is -2.57. The molecule has 270 valence electrons. The molecule has 50 heavy (non-hydrogen) atoms. The molecule has 0 aliphatic carbocycles. The molecule has 4 atom stereocenters. The lowest BCUT2D eigenvalue weighted by Gasteiger charge is -2.35. The third-order valence-corrected chi connectivity index (χ3v) is 10.9. The molecule has 4 rings (SSSR count). The van der Waals surface area contributed by atoms with Gasteiger partial charge in [-0.05, 0) is 47.1 Å². The normalized spacial score (nSPS) is 16.0. The number of nitrogens with zero attached hydrogens (tertiary/aromatic N) is 5. The Labute approximate surface area is 294 Å². The summed E-state index contributed by atoms with van der Waals surface area (Å²) in [6.45, 7) is 8.36. The summed E-state index contributed by atoms with van der Waals surface area (Å²) >= 11 is 0. The van der Waals surface area contributed by atoms with Crippen LogP contribution >= 0.6 is 0 Å². The van der Waals surface area contributed by atoms with Crippen LogP contribution in [0, 0.1) is 22.0 Å². The molecule has 1 aliphatic heterocycles. The van der Waals surface area contributed by atoms with Crippen LogP contribution in [0.15, 0.2) is 89.2 Å². The van der Waals surface area contributed by atoms with Gasteiger partial charge in [0.2, 0.25) is 15.9 Å². The second kappa shape index (κ2) is 17.5. The molecule has 0 bridgehead atoms. The zero-order valence-electron chi connectivity index (χ0n) is 29.1. The van der Waals surface area contributed by atoms with E-state index in [1.54, 1.807) is 21.9 Å². The Balaban J connectivity index is 1.58. The Morgan fingerprint density at radius 2 is 1.64 bits per heavy atom. The van der Waals surface area contributed by atoms with Gasteiger partial charge in [-0.25, -0.2) is 13.2 Å². The zero-order chi connectivity index (χ0) is 36.4. The first-order valence-electron chi connectivity index (χ1n) is 17.0. The van der Waals surface area contributed by atoms with E-state index in [1.807, 2.05) is 58.0 Å². The van der Waals surface area contributed by atoms with Crippen molar-refractivity contribution in [2.24, 2.45) is 17.0 Å². The van der Waals surface area contributed by atoms with E-state index in [0.29, 0.717) is 29.8 Å². The standard InChI is InChI=1S/C36H48N6O7S/c1-5-27(4)34(42-20-19-39(36(42)45)24-30-15-17-40(47)18-16-30)35(44)38-32(21-28-9-7-6-8-10-28)33(43)25-41(23-26(2)3)50(48,49)31-13-11-29(12-14-31)22-37-46/h6-18,26-27,32-34,43H,5,19-25H2,1-4H3,(H,38,44)/t27-,32-,33+,34-/m0/s1. The van der Waals surface area contributed by atoms with Crippen LogP contribution < -0.4 is 10.0 Å². The number of urea groups is 1. The van der Waals surface area contributed by atoms with Crippen LogP contribution in [0.4, 0.5) is 4.79 Å². The molecular weight excluding hydrogens is 660 g/mol. The van der Waals surface area contributed by atoms with Gasteiger partial charge in [-0.3, -0.25) is 4.79 Å². The summed E-state index contributed by atoms with van der Waals surface area (Å²) in [6, 6.07) is 16.5. The van der Waals surface area contributed by atoms with Crippen molar-refractivity contribution in [1.29, 1.82) is 0 Å². The maximum absolute atomic E-state index is 14.2. The average molecular weight is 709 g/mol. The van der Waals surface area contributed by atoms with Gasteiger partial charge >= 0.3 is 6.03 Å². The van der Waals surface area contributed by atoms with Gasteiger partial charge in [0.1, 0.15) is 12.6 Å². The minimum atomic E-state index is -4.07. The number of aliphatic hydroxyl groups excluding tert-OH is 1. The molecule has 2 aromatic carbocycles. The lowest BCUT2D eigenvalue weighted by molar-refractivity contribution is -0.605. The van der Waals surface area contributed by atoms with Crippen LogP contribution in [-0.2, 0) is 34.3 Å². The molecule has 2 N–H and O–H groups in total. The van der Waals surface area contributed by atoms with E-state index >= 15 is 0 Å². The van der Waals surface area contributed by atoms with Crippen molar-refractivity contribution in [3.05, 3.63) is 106 Å². The summed E-state index contributed by atoms with van der Waals surface area (Å²) < 4.78 is 29.7. The Hall–Kier alpha value is -4.40. The van der Waals surface area contributed by atoms with Crippen molar-refractivity contribution in [3.8, 4) is 0 Å². The molecule has 3 aromatic rings. The highest BCUT2D eigenvalue weighted by Crippen LogP contribution is 2.24. The predicted molar refractivity (Wildman–Crippen MR) is 189 cm³/mol. The number of rotatable bonds is 18. The zero-order valence-corrected chi connectivity index (χ0v) is 29.9. The number of hydrogen-bond acceptors (Lipinski definition) is 8. The highest BCUT2D eigenvalue weighted by atomic mass is 32.2. The van der Waals surface area contributed by atoms with Crippen molar-refractivity contribution in [3.63, 3.8) is 0 Å². The molecule has 0 saturated carbocycles. The SMILES string of the molecule is CC[C@H](C)[C@@H](C(=O)N[C@@H](Cc1ccccc1)[C@H](O)CN(CC(C)C)S(=O)(=O)c1ccc(CN=O)cc1)N1CCN(Cc2cc[n+]([O-])cc2)C1=O. The van der Waals surface area contributed by atoms with Crippen LogP contribution in [0.3, 0.4) is 0 Å². The number of nitrogens with one attached hydrogen (secondary N) is 1. The Kier molecular flexibility index (Phi) is 13.4. The van der Waals surface area contributed by atoms with Crippen molar-refractivity contribution in [1.82, 2.24) is 19.4 Å². The Morgan fingerprint density at radius 1 is 0.980 bits per heavy atom. The summed E-state index contributed by atoms with van der Waals surface area (Å²) in [6.07, 6.45) is 2.27. The molecule has 1 aliphatic rings. The van der Waals surface area contributed by atoms with Gasteiger partial charge < -0.3 is 25.4 Å². The van der Waals surface area contributed by atoms with Gasteiger partial charge in [0.05, 0.1) is 17.0 Å². The van der Waals surface area contributed by atoms with Gasteiger partial charge in [-0.15, -0.1) is 0 Å². The third kappa shape index (κ3) is 9.86. The number of nitroso groups, excluding NO2 is 1. The summed E-state index contributed by atoms with van der Waals surface area (Å²) in [4.78, 5) is 41.8. The lowest BCUT2D eigenvalue weighted by atomic mass is 9.95. The molecule has 14 heteroatoms. The van der Waals surface area contributed by atoms with E-state index in [2.05, 4.69) is 10.5 Å². The van der Waals surface area contributed by atoms with Crippen molar-refractivity contribution in [2.75, 3.05) is 26.2 Å². The van der Waals surface area contributed by atoms with Gasteiger partial charge in [-0.1, -0.05) is 81.8 Å². The Morgan fingerprint density at radius 3 is 2.24 bits per heavy atom. The molecule has 1 fully saturated rings. The minimum absolute atomic E-state index is 0.0142. The van der Waals surface area contributed by atoms with Gasteiger partial charge in [-0.2, -0.15) is 13.9 Å². The number of carbonyl (C=O) groups is 2. The van der Waals surface area contributed by atoms with Gasteiger partial charge in [0.25, 0.3) is 0 Å². The third-order valence-electron chi connectivity index (χ3n) is 9.02. The summed E-state index contributed by atoms with van der Waals surface area (Å²) in [5.41, 5.74) is 2.20. The summed E-state index contributed by atoms with van der Waals surface area (Å²) in [5.74, 6) is -0.729. The molecule has 13 nitrogen and oxygen atoms in total. The first-order valence-corrected chi connectivity index (χ1v) is 18.4. The maximum Gasteiger partial charge on any atom is 0.321 e. The van der Waals surface area contributed by atoms with Crippen molar-refractivity contribution >= 4 is 22.0 Å². The largest absolute Gasteiger partial charge is 0.619 e. The first kappa shape index (κ1) is 38.4. The van der Waals surface area contributed by atoms with E-state index in [0.717, 1.165) is 11.1 Å².